The van der Waals surface area contributed by atoms with E-state index in [1.807, 2.05) is 71.4 Å². The Hall–Kier alpha value is -2.42. The smallest absolute Gasteiger partial charge is 0.121 e. The minimum Gasteiger partial charge on any atom is -0.386 e. The molecule has 2 atom stereocenters. The van der Waals surface area contributed by atoms with Crippen LogP contribution in [0.1, 0.15) is 46.2 Å². The Morgan fingerprint density at radius 2 is 1.12 bits per heavy atom. The van der Waals surface area contributed by atoms with Crippen LogP contribution >= 0.6 is 22.7 Å². The van der Waals surface area contributed by atoms with Gasteiger partial charge < -0.3 is 14.9 Å². The van der Waals surface area contributed by atoms with Crippen molar-refractivity contribution in [2.75, 3.05) is 13.2 Å². The van der Waals surface area contributed by atoms with Gasteiger partial charge in [-0.25, -0.2) is 9.97 Å². The van der Waals surface area contributed by atoms with E-state index in [1.165, 1.54) is 35.5 Å². The molecule has 4 aromatic rings. The Kier molecular flexibility index (Phi) is 11.2. The van der Waals surface area contributed by atoms with Crippen LogP contribution in [-0.2, 0) is 17.6 Å². The summed E-state index contributed by atoms with van der Waals surface area (Å²) in [6, 6.07) is 19.9. The summed E-state index contributed by atoms with van der Waals surface area (Å²) in [5, 5.41) is 25.0. The molecule has 0 aliphatic carbocycles. The first kappa shape index (κ1) is 25.2. The fraction of sp³-hybridized carbons (Fsp3) is 0.308. The first-order valence-corrected chi connectivity index (χ1v) is 12.8. The summed E-state index contributed by atoms with van der Waals surface area (Å²) in [4.78, 5) is 8.16. The number of rotatable bonds is 6. The van der Waals surface area contributed by atoms with E-state index in [-0.39, 0.29) is 0 Å². The molecular weight excluding hydrogens is 452 g/mol. The molecule has 2 N–H and O–H groups in total. The zero-order valence-electron chi connectivity index (χ0n) is 18.5. The van der Waals surface area contributed by atoms with E-state index in [0.717, 1.165) is 34.4 Å². The summed E-state index contributed by atoms with van der Waals surface area (Å²) in [5.74, 6) is 0. The molecule has 0 spiro atoms. The maximum absolute atomic E-state index is 9.81. The van der Waals surface area contributed by atoms with Gasteiger partial charge in [0.15, 0.2) is 0 Å². The maximum Gasteiger partial charge on any atom is 0.121 e. The number of hydrogen-bond donors (Lipinski definition) is 2. The van der Waals surface area contributed by atoms with E-state index >= 15 is 0 Å². The fourth-order valence-electron chi connectivity index (χ4n) is 3.16. The van der Waals surface area contributed by atoms with Crippen molar-refractivity contribution in [3.8, 4) is 0 Å². The topological polar surface area (TPSA) is 75.5 Å². The third-order valence-corrected chi connectivity index (χ3v) is 6.60. The Balaban J connectivity index is 0.000000154. The first-order valence-electron chi connectivity index (χ1n) is 11.0. The van der Waals surface area contributed by atoms with Gasteiger partial charge in [-0.3, -0.25) is 0 Å². The lowest BCUT2D eigenvalue weighted by atomic mass is 10.1. The van der Waals surface area contributed by atoms with Gasteiger partial charge in [-0.1, -0.05) is 60.7 Å². The number of ether oxygens (including phenoxy) is 1. The van der Waals surface area contributed by atoms with Crippen LogP contribution in [0.25, 0.3) is 0 Å². The molecule has 5 rings (SSSR count). The molecule has 1 saturated heterocycles. The molecule has 33 heavy (non-hydrogen) atoms. The molecule has 1 aliphatic heterocycles. The molecule has 2 aromatic carbocycles. The van der Waals surface area contributed by atoms with Crippen molar-refractivity contribution >= 4 is 22.7 Å². The van der Waals surface area contributed by atoms with Gasteiger partial charge in [0, 0.05) is 49.2 Å². The second-order valence-corrected chi connectivity index (χ2v) is 9.32. The van der Waals surface area contributed by atoms with Gasteiger partial charge in [-0.05, 0) is 24.0 Å². The molecule has 1 fully saturated rings. The van der Waals surface area contributed by atoms with Crippen molar-refractivity contribution in [2.24, 2.45) is 0 Å². The zero-order chi connectivity index (χ0) is 23.1. The maximum atomic E-state index is 9.81. The summed E-state index contributed by atoms with van der Waals surface area (Å²) in [5.41, 5.74) is 2.27. The lowest BCUT2D eigenvalue weighted by Gasteiger charge is -2.06. The van der Waals surface area contributed by atoms with Crippen LogP contribution in [0.5, 0.6) is 0 Å². The van der Waals surface area contributed by atoms with Gasteiger partial charge in [-0.15, -0.1) is 22.7 Å². The van der Waals surface area contributed by atoms with Crippen molar-refractivity contribution in [1.29, 1.82) is 0 Å². The van der Waals surface area contributed by atoms with Gasteiger partial charge in [0.1, 0.15) is 22.2 Å². The van der Waals surface area contributed by atoms with E-state index in [4.69, 9.17) is 4.74 Å². The molecule has 0 radical (unpaired) electrons. The lowest BCUT2D eigenvalue weighted by Crippen LogP contribution is -2.00. The molecule has 174 valence electrons. The van der Waals surface area contributed by atoms with E-state index in [1.54, 1.807) is 12.4 Å². The van der Waals surface area contributed by atoms with Crippen molar-refractivity contribution in [2.45, 2.75) is 37.9 Å². The normalized spacial score (nSPS) is 14.4. The number of aromatic nitrogens is 2. The predicted octanol–water partition coefficient (Wildman–Crippen LogP) is 5.64. The van der Waals surface area contributed by atoms with Crippen LogP contribution in [0.15, 0.2) is 83.8 Å². The van der Waals surface area contributed by atoms with Crippen molar-refractivity contribution in [1.82, 2.24) is 9.97 Å². The Labute approximate surface area is 203 Å². The standard InChI is InChI=1S/2C11H11NOS.C4H8O/c2*13-10(11-12-6-7-14-11)8-9-4-2-1-3-5-9;1-2-4-5-3-1/h2*1-7,10,13H,8H2;1-4H2/t2*10-;/m10./s1. The fourth-order valence-corrected chi connectivity index (χ4v) is 4.40. The van der Waals surface area contributed by atoms with Gasteiger partial charge >= 0.3 is 0 Å². The van der Waals surface area contributed by atoms with Crippen LogP contribution < -0.4 is 0 Å². The zero-order valence-corrected chi connectivity index (χ0v) is 20.1. The second-order valence-electron chi connectivity index (χ2n) is 7.47. The second kappa shape index (κ2) is 14.7. The summed E-state index contributed by atoms with van der Waals surface area (Å²) in [6.45, 7) is 2.00. The molecule has 0 saturated carbocycles. The molecule has 0 unspecified atom stereocenters. The molecule has 0 amide bonds. The van der Waals surface area contributed by atoms with E-state index in [2.05, 4.69) is 9.97 Å². The van der Waals surface area contributed by atoms with E-state index < -0.39 is 12.2 Å². The highest BCUT2D eigenvalue weighted by molar-refractivity contribution is 7.09. The lowest BCUT2D eigenvalue weighted by molar-refractivity contribution is 0.177. The number of aliphatic hydroxyl groups is 2. The monoisotopic (exact) mass is 482 g/mol. The quantitative estimate of drug-likeness (QED) is 0.372. The highest BCUT2D eigenvalue weighted by atomic mass is 32.1. The third kappa shape index (κ3) is 9.53. The minimum absolute atomic E-state index is 0.475. The van der Waals surface area contributed by atoms with Crippen LogP contribution in [0, 0.1) is 0 Å². The summed E-state index contributed by atoms with van der Waals surface area (Å²) >= 11 is 2.98. The van der Waals surface area contributed by atoms with Gasteiger partial charge in [0.25, 0.3) is 0 Å². The Morgan fingerprint density at radius 3 is 1.42 bits per heavy atom. The van der Waals surface area contributed by atoms with Gasteiger partial charge in [-0.2, -0.15) is 0 Å². The summed E-state index contributed by atoms with van der Waals surface area (Å²) in [6.07, 6.45) is 6.31. The molecule has 5 nitrogen and oxygen atoms in total. The molecular formula is C26H30N2O3S2. The predicted molar refractivity (Wildman–Crippen MR) is 134 cm³/mol. The highest BCUT2D eigenvalue weighted by Crippen LogP contribution is 2.20. The number of benzene rings is 2. The van der Waals surface area contributed by atoms with Gasteiger partial charge in [0.2, 0.25) is 0 Å². The van der Waals surface area contributed by atoms with E-state index in [0.29, 0.717) is 12.8 Å². The summed E-state index contributed by atoms with van der Waals surface area (Å²) < 4.78 is 4.94. The van der Waals surface area contributed by atoms with Gasteiger partial charge in [0.05, 0.1) is 0 Å². The molecule has 1 aliphatic rings. The highest BCUT2D eigenvalue weighted by Gasteiger charge is 2.11. The average molecular weight is 483 g/mol. The summed E-state index contributed by atoms with van der Waals surface area (Å²) in [7, 11) is 0. The van der Waals surface area contributed by atoms with E-state index in [9.17, 15) is 10.2 Å². The number of hydrogen-bond acceptors (Lipinski definition) is 7. The number of thiazole rings is 2. The molecule has 7 heteroatoms. The average Bonchev–Trinajstić information content (AvgIpc) is 3.65. The molecule has 2 aromatic heterocycles. The number of nitrogens with zero attached hydrogens (tertiary/aromatic N) is 2. The molecule has 3 heterocycles. The minimum atomic E-state index is -0.475. The van der Waals surface area contributed by atoms with Crippen LogP contribution in [0.4, 0.5) is 0 Å². The first-order chi connectivity index (χ1) is 16.2. The van der Waals surface area contributed by atoms with Crippen LogP contribution in [0.3, 0.4) is 0 Å². The van der Waals surface area contributed by atoms with Crippen molar-refractivity contribution < 1.29 is 14.9 Å². The SMILES string of the molecule is C1CCOC1.O[C@@H](Cc1ccccc1)c1nccs1.O[C@H](Cc1ccccc1)c1nccs1. The number of aliphatic hydroxyl groups excluding tert-OH is 2. The van der Waals surface area contributed by atoms with Crippen molar-refractivity contribution in [3.63, 3.8) is 0 Å². The van der Waals surface area contributed by atoms with Crippen LogP contribution in [0.2, 0.25) is 0 Å². The third-order valence-electron chi connectivity index (χ3n) is 4.84. The largest absolute Gasteiger partial charge is 0.386 e. The van der Waals surface area contributed by atoms with Crippen LogP contribution in [-0.4, -0.2) is 33.4 Å². The van der Waals surface area contributed by atoms with Crippen molar-refractivity contribution in [3.05, 3.63) is 105 Å². The Bertz CT molecular complexity index is 892. The molecule has 0 bridgehead atoms. The Morgan fingerprint density at radius 1 is 0.697 bits per heavy atom.